The lowest BCUT2D eigenvalue weighted by atomic mass is 10.0. The van der Waals surface area contributed by atoms with Crippen molar-refractivity contribution < 1.29 is 13.5 Å². The summed E-state index contributed by atoms with van der Waals surface area (Å²) in [4.78, 5) is 0. The summed E-state index contributed by atoms with van der Waals surface area (Å²) in [5, 5.41) is 10.0. The minimum atomic E-state index is -3.41. The molecule has 0 bridgehead atoms. The predicted molar refractivity (Wildman–Crippen MR) is 75.3 cm³/mol. The van der Waals surface area contributed by atoms with Crippen molar-refractivity contribution in [2.24, 2.45) is 5.41 Å². The molecule has 0 aromatic heterocycles. The first kappa shape index (κ1) is 14.5. The lowest BCUT2D eigenvalue weighted by Crippen LogP contribution is -2.38. The summed E-state index contributed by atoms with van der Waals surface area (Å²) in [5.74, 6) is 0.0470. The van der Waals surface area contributed by atoms with Crippen LogP contribution in [0.3, 0.4) is 0 Å². The molecule has 106 valence electrons. The Balaban J connectivity index is 2.20. The molecule has 2 rings (SSSR count). The average Bonchev–Trinajstić information content (AvgIpc) is 2.52. The van der Waals surface area contributed by atoms with Crippen molar-refractivity contribution >= 4 is 10.0 Å². The van der Waals surface area contributed by atoms with Crippen LogP contribution in [0.4, 0.5) is 0 Å². The van der Waals surface area contributed by atoms with E-state index in [-0.39, 0.29) is 11.2 Å². The van der Waals surface area contributed by atoms with Gasteiger partial charge in [0.25, 0.3) is 0 Å². The third-order valence-corrected chi connectivity index (χ3v) is 4.99. The Bertz CT molecular complexity index is 560. The maximum atomic E-state index is 12.1. The molecule has 0 fully saturated rings. The molecule has 0 amide bonds. The molecule has 1 aliphatic carbocycles. The molecule has 0 spiro atoms. The predicted octanol–water partition coefficient (Wildman–Crippen LogP) is 1.61. The fourth-order valence-corrected chi connectivity index (χ4v) is 4.42. The Labute approximate surface area is 114 Å². The highest BCUT2D eigenvalue weighted by molar-refractivity contribution is 7.89. The van der Waals surface area contributed by atoms with Gasteiger partial charge in [-0.25, -0.2) is 13.1 Å². The van der Waals surface area contributed by atoms with Gasteiger partial charge in [0.05, 0.1) is 17.9 Å². The number of rotatable bonds is 3. The molecule has 1 aromatic rings. The minimum absolute atomic E-state index is 0.0470. The highest BCUT2D eigenvalue weighted by Crippen LogP contribution is 2.32. The largest absolute Gasteiger partial charge is 0.391 e. The summed E-state index contributed by atoms with van der Waals surface area (Å²) in [6, 6.07) is 7.04. The second-order valence-corrected chi connectivity index (χ2v) is 8.14. The number of hydrogen-bond acceptors (Lipinski definition) is 3. The van der Waals surface area contributed by atoms with E-state index in [4.69, 9.17) is 0 Å². The third kappa shape index (κ3) is 3.55. The van der Waals surface area contributed by atoms with Gasteiger partial charge in [-0.1, -0.05) is 45.0 Å². The van der Waals surface area contributed by atoms with E-state index >= 15 is 0 Å². The van der Waals surface area contributed by atoms with Crippen molar-refractivity contribution in [1.29, 1.82) is 0 Å². The smallest absolute Gasteiger partial charge is 0.212 e. The molecule has 19 heavy (non-hydrogen) atoms. The molecule has 2 N–H and O–H groups in total. The Hall–Kier alpha value is -0.910. The van der Waals surface area contributed by atoms with Gasteiger partial charge in [0.1, 0.15) is 0 Å². The maximum Gasteiger partial charge on any atom is 0.212 e. The van der Waals surface area contributed by atoms with Gasteiger partial charge < -0.3 is 5.11 Å². The summed E-state index contributed by atoms with van der Waals surface area (Å²) in [7, 11) is -3.41. The first-order chi connectivity index (χ1) is 8.68. The summed E-state index contributed by atoms with van der Waals surface area (Å²) >= 11 is 0. The zero-order valence-electron chi connectivity index (χ0n) is 11.6. The molecule has 1 aliphatic rings. The topological polar surface area (TPSA) is 66.4 Å². The normalized spacial score (nSPS) is 23.4. The van der Waals surface area contributed by atoms with Crippen molar-refractivity contribution in [1.82, 2.24) is 4.72 Å². The van der Waals surface area contributed by atoms with Gasteiger partial charge in [-0.2, -0.15) is 0 Å². The van der Waals surface area contributed by atoms with Gasteiger partial charge in [0.15, 0.2) is 0 Å². The van der Waals surface area contributed by atoms with Crippen LogP contribution < -0.4 is 4.72 Å². The number of sulfonamides is 1. The van der Waals surface area contributed by atoms with E-state index < -0.39 is 22.2 Å². The quantitative estimate of drug-likeness (QED) is 0.885. The van der Waals surface area contributed by atoms with E-state index in [0.29, 0.717) is 6.42 Å². The van der Waals surface area contributed by atoms with Gasteiger partial charge in [-0.3, -0.25) is 0 Å². The molecule has 5 heteroatoms. The van der Waals surface area contributed by atoms with Crippen molar-refractivity contribution in [3.05, 3.63) is 35.4 Å². The Morgan fingerprint density at radius 3 is 2.58 bits per heavy atom. The van der Waals surface area contributed by atoms with E-state index in [2.05, 4.69) is 4.72 Å². The van der Waals surface area contributed by atoms with Gasteiger partial charge in [-0.05, 0) is 16.5 Å². The summed E-state index contributed by atoms with van der Waals surface area (Å²) in [6.45, 7) is 5.64. The van der Waals surface area contributed by atoms with Gasteiger partial charge in [0.2, 0.25) is 10.0 Å². The van der Waals surface area contributed by atoms with Crippen molar-refractivity contribution in [2.45, 2.75) is 39.3 Å². The van der Waals surface area contributed by atoms with Crippen LogP contribution in [0.25, 0.3) is 0 Å². The van der Waals surface area contributed by atoms with Crippen LogP contribution in [0.2, 0.25) is 0 Å². The van der Waals surface area contributed by atoms with E-state index in [1.54, 1.807) is 0 Å². The van der Waals surface area contributed by atoms with Crippen LogP contribution in [0.15, 0.2) is 24.3 Å². The molecule has 0 saturated carbocycles. The van der Waals surface area contributed by atoms with Gasteiger partial charge in [0, 0.05) is 6.42 Å². The first-order valence-electron chi connectivity index (χ1n) is 6.44. The van der Waals surface area contributed by atoms with Crippen LogP contribution in [-0.4, -0.2) is 25.4 Å². The molecular weight excluding hydrogens is 262 g/mol. The zero-order valence-corrected chi connectivity index (χ0v) is 12.4. The first-order valence-corrected chi connectivity index (χ1v) is 8.09. The SMILES string of the molecule is CC(C)(C)CS(=O)(=O)N[C@@H]1c2ccccc2C[C@@H]1O. The van der Waals surface area contributed by atoms with Crippen molar-refractivity contribution in [2.75, 3.05) is 5.75 Å². The second kappa shape index (κ2) is 4.89. The number of aliphatic hydroxyl groups excluding tert-OH is 1. The molecule has 2 atom stereocenters. The third-order valence-electron chi connectivity index (χ3n) is 3.13. The molecule has 4 nitrogen and oxygen atoms in total. The Kier molecular flexibility index (Phi) is 3.73. The van der Waals surface area contributed by atoms with Crippen LogP contribution in [-0.2, 0) is 16.4 Å². The number of aliphatic hydroxyl groups is 1. The van der Waals surface area contributed by atoms with Crippen LogP contribution in [0.1, 0.15) is 37.9 Å². The summed E-state index contributed by atoms with van der Waals surface area (Å²) in [6.07, 6.45) is -0.189. The Morgan fingerprint density at radius 1 is 1.32 bits per heavy atom. The maximum absolute atomic E-state index is 12.1. The highest BCUT2D eigenvalue weighted by atomic mass is 32.2. The molecule has 0 aliphatic heterocycles. The van der Waals surface area contributed by atoms with Crippen LogP contribution >= 0.6 is 0 Å². The second-order valence-electron chi connectivity index (χ2n) is 6.39. The fourth-order valence-electron chi connectivity index (χ4n) is 2.52. The monoisotopic (exact) mass is 283 g/mol. The standard InChI is InChI=1S/C14H21NO3S/c1-14(2,3)9-19(17,18)15-13-11-7-5-4-6-10(11)8-12(13)16/h4-7,12-13,15-16H,8-9H2,1-3H3/t12-,13+/m0/s1. The molecular formula is C14H21NO3S. The number of nitrogens with one attached hydrogen (secondary N) is 1. The molecule has 0 unspecified atom stereocenters. The van der Waals surface area contributed by atoms with Gasteiger partial charge >= 0.3 is 0 Å². The van der Waals surface area contributed by atoms with Crippen molar-refractivity contribution in [3.63, 3.8) is 0 Å². The summed E-state index contributed by atoms with van der Waals surface area (Å²) in [5.41, 5.74) is 1.58. The number of fused-ring (bicyclic) bond motifs is 1. The molecule has 0 radical (unpaired) electrons. The molecule has 0 saturated heterocycles. The highest BCUT2D eigenvalue weighted by Gasteiger charge is 2.34. The van der Waals surface area contributed by atoms with E-state index in [9.17, 15) is 13.5 Å². The number of benzene rings is 1. The fraction of sp³-hybridized carbons (Fsp3) is 0.571. The van der Waals surface area contributed by atoms with Crippen molar-refractivity contribution in [3.8, 4) is 0 Å². The average molecular weight is 283 g/mol. The van der Waals surface area contributed by atoms with Crippen LogP contribution in [0.5, 0.6) is 0 Å². The van der Waals surface area contributed by atoms with Gasteiger partial charge in [-0.15, -0.1) is 0 Å². The lowest BCUT2D eigenvalue weighted by molar-refractivity contribution is 0.151. The Morgan fingerprint density at radius 2 is 1.95 bits per heavy atom. The van der Waals surface area contributed by atoms with E-state index in [1.807, 2.05) is 45.0 Å². The zero-order chi connectivity index (χ0) is 14.3. The van der Waals surface area contributed by atoms with E-state index in [0.717, 1.165) is 11.1 Å². The molecule has 1 aromatic carbocycles. The van der Waals surface area contributed by atoms with E-state index in [1.165, 1.54) is 0 Å². The summed E-state index contributed by atoms with van der Waals surface area (Å²) < 4.78 is 26.9. The number of hydrogen-bond donors (Lipinski definition) is 2. The minimum Gasteiger partial charge on any atom is -0.391 e. The molecule has 0 heterocycles. The van der Waals surface area contributed by atoms with Crippen LogP contribution in [0, 0.1) is 5.41 Å². The lowest BCUT2D eigenvalue weighted by Gasteiger charge is -2.22.